The van der Waals surface area contributed by atoms with Crippen LogP contribution in [0, 0.1) is 67.0 Å². The summed E-state index contributed by atoms with van der Waals surface area (Å²) in [5.74, 6) is 4.00. The van der Waals surface area contributed by atoms with Gasteiger partial charge in [-0.2, -0.15) is 0 Å². The molecular weight excluding hydrogens is 288 g/mol. The molecule has 6 aliphatic rings. The molecule has 6 fully saturated rings. The average molecular weight is 327 g/mol. The summed E-state index contributed by atoms with van der Waals surface area (Å²) in [6.07, 6.45) is 3.05. The fraction of sp³-hybridized carbons (Fsp3) is 1.00. The third-order valence-electron chi connectivity index (χ3n) is 14.6. The first-order valence-electron chi connectivity index (χ1n) is 10.7. The fourth-order valence-corrected chi connectivity index (χ4v) is 13.0. The van der Waals surface area contributed by atoms with Gasteiger partial charge in [-0.05, 0) is 79.8 Å². The van der Waals surface area contributed by atoms with Gasteiger partial charge in [-0.15, -0.1) is 0 Å². The first-order valence-corrected chi connectivity index (χ1v) is 10.7. The zero-order chi connectivity index (χ0) is 17.7. The van der Waals surface area contributed by atoms with Crippen molar-refractivity contribution in [3.8, 4) is 0 Å². The molecule has 0 heterocycles. The lowest BCUT2D eigenvalue weighted by Gasteiger charge is -2.95. The molecular formula is C24H38. The van der Waals surface area contributed by atoms with Crippen LogP contribution in [0.4, 0.5) is 0 Å². The van der Waals surface area contributed by atoms with Gasteiger partial charge < -0.3 is 0 Å². The molecule has 0 aliphatic heterocycles. The normalized spacial score (nSPS) is 77.2. The maximum absolute atomic E-state index is 2.76. The van der Waals surface area contributed by atoms with Crippen LogP contribution in [-0.4, -0.2) is 0 Å². The van der Waals surface area contributed by atoms with Crippen molar-refractivity contribution >= 4 is 0 Å². The zero-order valence-corrected chi connectivity index (χ0v) is 17.7. The molecule has 0 heteroatoms. The van der Waals surface area contributed by atoms with Crippen molar-refractivity contribution in [1.82, 2.24) is 0 Å². The second kappa shape index (κ2) is 2.90. The van der Waals surface area contributed by atoms with Crippen molar-refractivity contribution in [2.24, 2.45) is 67.0 Å². The molecule has 0 aromatic heterocycles. The third kappa shape index (κ3) is 0.697. The predicted octanol–water partition coefficient (Wildman–Crippen LogP) is 6.40. The van der Waals surface area contributed by atoms with Gasteiger partial charge >= 0.3 is 0 Å². The lowest BCUT2D eigenvalue weighted by Crippen LogP contribution is -2.91. The average Bonchev–Trinajstić information content (AvgIpc) is 2.75. The molecule has 10 unspecified atom stereocenters. The van der Waals surface area contributed by atoms with E-state index in [0.717, 1.165) is 23.7 Å². The molecule has 2 bridgehead atoms. The summed E-state index contributed by atoms with van der Waals surface area (Å²) in [6, 6.07) is 0. The minimum absolute atomic E-state index is 0.521. The van der Waals surface area contributed by atoms with E-state index in [9.17, 15) is 0 Å². The van der Waals surface area contributed by atoms with Crippen molar-refractivity contribution in [3.05, 3.63) is 0 Å². The highest BCUT2D eigenvalue weighted by Gasteiger charge is 3.07. The molecule has 6 saturated carbocycles. The monoisotopic (exact) mass is 326 g/mol. The van der Waals surface area contributed by atoms with E-state index in [4.69, 9.17) is 0 Å². The van der Waals surface area contributed by atoms with Crippen LogP contribution in [0.5, 0.6) is 0 Å². The molecule has 0 aromatic rings. The Labute approximate surface area is 149 Å². The minimum Gasteiger partial charge on any atom is -0.0617 e. The van der Waals surface area contributed by atoms with E-state index < -0.39 is 0 Å². The SMILES string of the molecule is CC1C2C34CC(C)(C5(C)C3C3CC(C)(C)C35C)C4(C)C2(C)C1(C)C. The van der Waals surface area contributed by atoms with Crippen LogP contribution in [0.3, 0.4) is 0 Å². The molecule has 6 aliphatic carbocycles. The third-order valence-corrected chi connectivity index (χ3v) is 14.6. The Morgan fingerprint density at radius 1 is 0.708 bits per heavy atom. The van der Waals surface area contributed by atoms with Gasteiger partial charge in [-0.25, -0.2) is 0 Å². The van der Waals surface area contributed by atoms with Gasteiger partial charge in [0.2, 0.25) is 0 Å². The highest BCUT2D eigenvalue weighted by atomic mass is 15.1. The Balaban J connectivity index is 1.60. The maximum atomic E-state index is 2.76. The molecule has 0 saturated heterocycles. The van der Waals surface area contributed by atoms with E-state index >= 15 is 0 Å². The summed E-state index contributed by atoms with van der Waals surface area (Å²) < 4.78 is 0. The van der Waals surface area contributed by atoms with Gasteiger partial charge in [0.25, 0.3) is 0 Å². The molecule has 0 radical (unpaired) electrons. The van der Waals surface area contributed by atoms with E-state index in [-0.39, 0.29) is 0 Å². The topological polar surface area (TPSA) is 0 Å². The number of fused-ring (bicyclic) bond motifs is 6. The molecule has 0 aromatic carbocycles. The van der Waals surface area contributed by atoms with Gasteiger partial charge in [0.1, 0.15) is 0 Å². The summed E-state index contributed by atoms with van der Waals surface area (Å²) in [5.41, 5.74) is 4.68. The summed E-state index contributed by atoms with van der Waals surface area (Å²) in [4.78, 5) is 0. The van der Waals surface area contributed by atoms with Gasteiger partial charge in [0.05, 0.1) is 0 Å². The second-order valence-electron chi connectivity index (χ2n) is 13.4. The molecule has 24 heavy (non-hydrogen) atoms. The quantitative estimate of drug-likeness (QED) is 0.483. The summed E-state index contributed by atoms with van der Waals surface area (Å²) in [7, 11) is 0. The summed E-state index contributed by atoms with van der Waals surface area (Å²) in [6.45, 7) is 26.6. The molecule has 0 amide bonds. The lowest BCUT2D eigenvalue weighted by atomic mass is 9.09. The fourth-order valence-electron chi connectivity index (χ4n) is 13.0. The van der Waals surface area contributed by atoms with Crippen molar-refractivity contribution < 1.29 is 0 Å². The van der Waals surface area contributed by atoms with Crippen molar-refractivity contribution in [1.29, 1.82) is 0 Å². The molecule has 0 nitrogen and oxygen atoms in total. The maximum Gasteiger partial charge on any atom is -0.0142 e. The van der Waals surface area contributed by atoms with Crippen LogP contribution >= 0.6 is 0 Å². The van der Waals surface area contributed by atoms with Gasteiger partial charge in [0, 0.05) is 0 Å². The summed E-state index contributed by atoms with van der Waals surface area (Å²) in [5, 5.41) is 0. The highest BCUT2D eigenvalue weighted by Crippen LogP contribution is 3.12. The van der Waals surface area contributed by atoms with E-state index in [1.807, 2.05) is 0 Å². The van der Waals surface area contributed by atoms with Crippen LogP contribution < -0.4 is 0 Å². The second-order valence-corrected chi connectivity index (χ2v) is 13.4. The molecule has 10 atom stereocenters. The highest BCUT2D eigenvalue weighted by molar-refractivity contribution is 5.54. The predicted molar refractivity (Wildman–Crippen MR) is 99.4 cm³/mol. The lowest BCUT2D eigenvalue weighted by molar-refractivity contribution is -0.483. The van der Waals surface area contributed by atoms with E-state index in [2.05, 4.69) is 69.2 Å². The standard InChI is InChI=1S/C24H38/c1-13-15-21(8,18(13,4)5)23(10)19(6)12-24(15,23)16-14-11-17(2,3)20(14,7)22(16,19)9/h13-16H,11-12H2,1-10H3. The Morgan fingerprint density at radius 2 is 1.29 bits per heavy atom. The van der Waals surface area contributed by atoms with Crippen LogP contribution in [0.1, 0.15) is 82.1 Å². The molecule has 0 N–H and O–H groups in total. The molecule has 134 valence electrons. The molecule has 0 spiro atoms. The van der Waals surface area contributed by atoms with Crippen molar-refractivity contribution in [2.45, 2.75) is 82.1 Å². The van der Waals surface area contributed by atoms with Gasteiger partial charge in [0.15, 0.2) is 0 Å². The van der Waals surface area contributed by atoms with Crippen molar-refractivity contribution in [2.75, 3.05) is 0 Å². The number of hydrogen-bond donors (Lipinski definition) is 0. The molecule has 6 rings (SSSR count). The van der Waals surface area contributed by atoms with E-state index in [0.29, 0.717) is 43.3 Å². The first-order chi connectivity index (χ1) is 10.7. The Kier molecular flexibility index (Phi) is 1.82. The van der Waals surface area contributed by atoms with Gasteiger partial charge in [-0.1, -0.05) is 69.2 Å². The van der Waals surface area contributed by atoms with Crippen LogP contribution in [0.15, 0.2) is 0 Å². The van der Waals surface area contributed by atoms with Crippen LogP contribution in [0.2, 0.25) is 0 Å². The Morgan fingerprint density at radius 3 is 1.83 bits per heavy atom. The smallest absolute Gasteiger partial charge is 0.0142 e. The summed E-state index contributed by atoms with van der Waals surface area (Å²) >= 11 is 0. The largest absolute Gasteiger partial charge is 0.0617 e. The van der Waals surface area contributed by atoms with Crippen LogP contribution in [-0.2, 0) is 0 Å². The number of hydrogen-bond acceptors (Lipinski definition) is 0. The Bertz CT molecular complexity index is 730. The van der Waals surface area contributed by atoms with E-state index in [1.165, 1.54) is 6.42 Å². The zero-order valence-electron chi connectivity index (χ0n) is 17.7. The Hall–Kier alpha value is 0. The van der Waals surface area contributed by atoms with Gasteiger partial charge in [-0.3, -0.25) is 0 Å². The minimum atomic E-state index is 0.521. The van der Waals surface area contributed by atoms with Crippen molar-refractivity contribution in [3.63, 3.8) is 0 Å². The van der Waals surface area contributed by atoms with E-state index in [1.54, 1.807) is 6.42 Å². The number of rotatable bonds is 0. The first kappa shape index (κ1) is 15.1. The van der Waals surface area contributed by atoms with Crippen LogP contribution in [0.25, 0.3) is 0 Å².